The first-order chi connectivity index (χ1) is 10.0. The molecule has 5 heteroatoms. The van der Waals surface area contributed by atoms with E-state index in [0.29, 0.717) is 18.2 Å². The monoisotopic (exact) mass is 290 g/mol. The van der Waals surface area contributed by atoms with Gasteiger partial charge >= 0.3 is 0 Å². The highest BCUT2D eigenvalue weighted by molar-refractivity contribution is 5.91. The topological polar surface area (TPSA) is 61.6 Å². The number of likely N-dealkylation sites (tertiary alicyclic amines) is 1. The van der Waals surface area contributed by atoms with E-state index in [1.54, 1.807) is 6.07 Å². The lowest BCUT2D eigenvalue weighted by atomic mass is 10.0. The van der Waals surface area contributed by atoms with E-state index in [9.17, 15) is 4.79 Å². The van der Waals surface area contributed by atoms with Gasteiger partial charge < -0.3 is 20.9 Å². The smallest absolute Gasteiger partial charge is 0.225 e. The van der Waals surface area contributed by atoms with Crippen LogP contribution in [0, 0.1) is 0 Å². The Morgan fingerprint density at radius 2 is 2.10 bits per heavy atom. The summed E-state index contributed by atoms with van der Waals surface area (Å²) in [5.41, 5.74) is 7.13. The number of nitrogens with one attached hydrogen (secondary N) is 1. The number of hydrogen-bond donors (Lipinski definition) is 2. The Kier molecular flexibility index (Phi) is 5.59. The number of nitrogen functional groups attached to an aromatic ring is 1. The summed E-state index contributed by atoms with van der Waals surface area (Å²) in [5, 5.41) is 2.90. The number of amides is 1. The van der Waals surface area contributed by atoms with Crippen LogP contribution in [0.2, 0.25) is 0 Å². The van der Waals surface area contributed by atoms with Gasteiger partial charge in [-0.15, -0.1) is 0 Å². The molecule has 0 saturated carbocycles. The van der Waals surface area contributed by atoms with E-state index in [2.05, 4.69) is 29.2 Å². The molecular formula is C16H26N4O. The number of carbonyl (C=O) groups excluding carboxylic acids is 1. The SMILES string of the molecule is CN(C)C1CCN(CCC(=O)Nc2cccc(N)c2)CC1. The number of benzene rings is 1. The van der Waals surface area contributed by atoms with E-state index in [1.807, 2.05) is 18.2 Å². The minimum absolute atomic E-state index is 0.0512. The molecule has 1 aliphatic rings. The maximum atomic E-state index is 12.0. The van der Waals surface area contributed by atoms with Crippen molar-refractivity contribution in [1.82, 2.24) is 9.80 Å². The van der Waals surface area contributed by atoms with Crippen molar-refractivity contribution in [2.75, 3.05) is 44.8 Å². The molecule has 1 heterocycles. The number of nitrogens with zero attached hydrogens (tertiary/aromatic N) is 2. The second-order valence-corrected chi connectivity index (χ2v) is 5.96. The van der Waals surface area contributed by atoms with Gasteiger partial charge in [-0.05, 0) is 58.2 Å². The van der Waals surface area contributed by atoms with Gasteiger partial charge in [0, 0.05) is 30.4 Å². The maximum absolute atomic E-state index is 12.0. The zero-order valence-electron chi connectivity index (χ0n) is 13.0. The van der Waals surface area contributed by atoms with E-state index >= 15 is 0 Å². The van der Waals surface area contributed by atoms with Crippen molar-refractivity contribution >= 4 is 17.3 Å². The Labute approximate surface area is 127 Å². The molecule has 1 amide bonds. The first-order valence-corrected chi connectivity index (χ1v) is 7.59. The molecule has 0 radical (unpaired) electrons. The zero-order chi connectivity index (χ0) is 15.2. The predicted molar refractivity (Wildman–Crippen MR) is 87.3 cm³/mol. The highest BCUT2D eigenvalue weighted by Gasteiger charge is 2.20. The molecule has 1 aromatic rings. The Hall–Kier alpha value is -1.59. The lowest BCUT2D eigenvalue weighted by Crippen LogP contribution is -2.42. The van der Waals surface area contributed by atoms with E-state index < -0.39 is 0 Å². The molecule has 0 spiro atoms. The van der Waals surface area contributed by atoms with Crippen molar-refractivity contribution in [3.05, 3.63) is 24.3 Å². The first kappa shape index (κ1) is 15.8. The fourth-order valence-corrected chi connectivity index (χ4v) is 2.76. The zero-order valence-corrected chi connectivity index (χ0v) is 13.0. The largest absolute Gasteiger partial charge is 0.399 e. The summed E-state index contributed by atoms with van der Waals surface area (Å²) in [6, 6.07) is 7.97. The second-order valence-electron chi connectivity index (χ2n) is 5.96. The van der Waals surface area contributed by atoms with E-state index in [0.717, 1.165) is 25.3 Å². The summed E-state index contributed by atoms with van der Waals surface area (Å²) in [6.45, 7) is 2.98. The van der Waals surface area contributed by atoms with Gasteiger partial charge in [-0.2, -0.15) is 0 Å². The third-order valence-corrected chi connectivity index (χ3v) is 4.11. The van der Waals surface area contributed by atoms with E-state index in [4.69, 9.17) is 5.73 Å². The van der Waals surface area contributed by atoms with Crippen molar-refractivity contribution in [2.24, 2.45) is 0 Å². The van der Waals surface area contributed by atoms with Gasteiger partial charge in [0.25, 0.3) is 0 Å². The Morgan fingerprint density at radius 1 is 1.38 bits per heavy atom. The van der Waals surface area contributed by atoms with Gasteiger partial charge in [-0.25, -0.2) is 0 Å². The van der Waals surface area contributed by atoms with Crippen LogP contribution in [0.3, 0.4) is 0 Å². The quantitative estimate of drug-likeness (QED) is 0.809. The Bertz CT molecular complexity index is 467. The molecule has 21 heavy (non-hydrogen) atoms. The fraction of sp³-hybridized carbons (Fsp3) is 0.562. The molecule has 3 N–H and O–H groups in total. The molecule has 0 aromatic heterocycles. The van der Waals surface area contributed by atoms with Crippen LogP contribution in [-0.2, 0) is 4.79 Å². The second kappa shape index (κ2) is 7.43. The summed E-state index contributed by atoms with van der Waals surface area (Å²) < 4.78 is 0. The Morgan fingerprint density at radius 3 is 2.71 bits per heavy atom. The Balaban J connectivity index is 1.70. The van der Waals surface area contributed by atoms with Gasteiger partial charge in [0.15, 0.2) is 0 Å². The molecule has 1 fully saturated rings. The summed E-state index contributed by atoms with van der Waals surface area (Å²) in [7, 11) is 4.28. The number of hydrogen-bond acceptors (Lipinski definition) is 4. The van der Waals surface area contributed by atoms with Gasteiger partial charge in [-0.1, -0.05) is 6.07 Å². The first-order valence-electron chi connectivity index (χ1n) is 7.59. The molecular weight excluding hydrogens is 264 g/mol. The average molecular weight is 290 g/mol. The number of piperidine rings is 1. The lowest BCUT2D eigenvalue weighted by molar-refractivity contribution is -0.116. The molecule has 1 aromatic carbocycles. The van der Waals surface area contributed by atoms with Gasteiger partial charge in [0.05, 0.1) is 0 Å². The normalized spacial score (nSPS) is 17.1. The minimum atomic E-state index is 0.0512. The molecule has 1 aliphatic heterocycles. The number of carbonyl (C=O) groups is 1. The highest BCUT2D eigenvalue weighted by Crippen LogP contribution is 2.15. The van der Waals surface area contributed by atoms with Crippen LogP contribution in [0.15, 0.2) is 24.3 Å². The van der Waals surface area contributed by atoms with Crippen LogP contribution in [0.5, 0.6) is 0 Å². The van der Waals surface area contributed by atoms with Crippen molar-refractivity contribution in [1.29, 1.82) is 0 Å². The third-order valence-electron chi connectivity index (χ3n) is 4.11. The van der Waals surface area contributed by atoms with E-state index in [-0.39, 0.29) is 5.91 Å². The minimum Gasteiger partial charge on any atom is -0.399 e. The summed E-state index contributed by atoms with van der Waals surface area (Å²) in [6.07, 6.45) is 2.90. The van der Waals surface area contributed by atoms with Crippen LogP contribution in [0.25, 0.3) is 0 Å². The third kappa shape index (κ3) is 5.02. The summed E-state index contributed by atoms with van der Waals surface area (Å²) in [5.74, 6) is 0.0512. The van der Waals surface area contributed by atoms with Gasteiger partial charge in [0.2, 0.25) is 5.91 Å². The van der Waals surface area contributed by atoms with Crippen LogP contribution in [0.1, 0.15) is 19.3 Å². The molecule has 5 nitrogen and oxygen atoms in total. The van der Waals surface area contributed by atoms with Crippen LogP contribution in [-0.4, -0.2) is 55.5 Å². The molecule has 2 rings (SSSR count). The van der Waals surface area contributed by atoms with Crippen molar-refractivity contribution in [3.63, 3.8) is 0 Å². The number of nitrogens with two attached hydrogens (primary N) is 1. The van der Waals surface area contributed by atoms with Crippen molar-refractivity contribution in [3.8, 4) is 0 Å². The predicted octanol–water partition coefficient (Wildman–Crippen LogP) is 1.62. The summed E-state index contributed by atoms with van der Waals surface area (Å²) in [4.78, 5) is 16.6. The number of anilines is 2. The molecule has 0 unspecified atom stereocenters. The molecule has 1 saturated heterocycles. The van der Waals surface area contributed by atoms with Crippen molar-refractivity contribution < 1.29 is 4.79 Å². The van der Waals surface area contributed by atoms with Gasteiger partial charge in [0.1, 0.15) is 0 Å². The maximum Gasteiger partial charge on any atom is 0.225 e. The highest BCUT2D eigenvalue weighted by atomic mass is 16.1. The molecule has 0 aliphatic carbocycles. The standard InChI is InChI=1S/C16H26N4O/c1-19(2)15-6-9-20(10-7-15)11-8-16(21)18-14-5-3-4-13(17)12-14/h3-5,12,15H,6-11,17H2,1-2H3,(H,18,21). The summed E-state index contributed by atoms with van der Waals surface area (Å²) >= 11 is 0. The molecule has 116 valence electrons. The van der Waals surface area contributed by atoms with Crippen LogP contribution < -0.4 is 11.1 Å². The van der Waals surface area contributed by atoms with Crippen LogP contribution in [0.4, 0.5) is 11.4 Å². The lowest BCUT2D eigenvalue weighted by Gasteiger charge is -2.35. The van der Waals surface area contributed by atoms with Crippen molar-refractivity contribution in [2.45, 2.75) is 25.3 Å². The fourth-order valence-electron chi connectivity index (χ4n) is 2.76. The van der Waals surface area contributed by atoms with E-state index in [1.165, 1.54) is 12.8 Å². The average Bonchev–Trinajstić information content (AvgIpc) is 2.45. The van der Waals surface area contributed by atoms with Crippen LogP contribution >= 0.6 is 0 Å². The number of rotatable bonds is 5. The molecule has 0 bridgehead atoms. The van der Waals surface area contributed by atoms with Gasteiger partial charge in [-0.3, -0.25) is 4.79 Å². The molecule has 0 atom stereocenters.